The summed E-state index contributed by atoms with van der Waals surface area (Å²) in [4.78, 5) is 24.4. The number of hydrogen-bond acceptors (Lipinski definition) is 6. The van der Waals surface area contributed by atoms with Gasteiger partial charge in [0.15, 0.2) is 0 Å². The molecule has 1 heterocycles. The molecule has 0 atom stereocenters. The quantitative estimate of drug-likeness (QED) is 0.422. The van der Waals surface area contributed by atoms with E-state index in [1.54, 1.807) is 26.0 Å². The number of rotatable bonds is 7. The number of hydrogen-bond donors (Lipinski definition) is 0. The number of sulfonamides is 1. The summed E-state index contributed by atoms with van der Waals surface area (Å²) in [5.41, 5.74) is 1.45. The van der Waals surface area contributed by atoms with Gasteiger partial charge in [0.2, 0.25) is 10.0 Å². The van der Waals surface area contributed by atoms with Gasteiger partial charge in [0.25, 0.3) is 0 Å². The van der Waals surface area contributed by atoms with E-state index in [0.29, 0.717) is 29.6 Å². The van der Waals surface area contributed by atoms with Crippen LogP contribution in [-0.4, -0.2) is 31.8 Å². The van der Waals surface area contributed by atoms with Crippen LogP contribution in [0, 0.1) is 6.92 Å². The maximum atomic E-state index is 12.7. The van der Waals surface area contributed by atoms with Gasteiger partial charge >= 0.3 is 11.6 Å². The maximum absolute atomic E-state index is 12.7. The van der Waals surface area contributed by atoms with Crippen molar-refractivity contribution in [3.63, 3.8) is 0 Å². The van der Waals surface area contributed by atoms with Gasteiger partial charge in [-0.15, -0.1) is 0 Å². The molecule has 8 heteroatoms. The average molecular weight is 429 g/mol. The summed E-state index contributed by atoms with van der Waals surface area (Å²) in [7, 11) is -3.69. The maximum Gasteiger partial charge on any atom is 0.338 e. The van der Waals surface area contributed by atoms with E-state index < -0.39 is 21.6 Å². The number of aryl methyl sites for hydroxylation is 1. The van der Waals surface area contributed by atoms with Gasteiger partial charge in [0.1, 0.15) is 12.2 Å². The lowest BCUT2D eigenvalue weighted by atomic mass is 10.1. The number of nitrogens with zero attached hydrogens (tertiary/aromatic N) is 1. The van der Waals surface area contributed by atoms with Crippen molar-refractivity contribution in [2.45, 2.75) is 32.3 Å². The molecule has 158 valence electrons. The van der Waals surface area contributed by atoms with E-state index in [1.165, 1.54) is 34.6 Å². The first-order valence-corrected chi connectivity index (χ1v) is 11.0. The summed E-state index contributed by atoms with van der Waals surface area (Å²) in [5, 5.41) is 0.672. The molecule has 0 radical (unpaired) electrons. The molecule has 0 bridgehead atoms. The number of ether oxygens (including phenoxy) is 1. The fourth-order valence-electron chi connectivity index (χ4n) is 3.18. The van der Waals surface area contributed by atoms with Crippen LogP contribution in [-0.2, 0) is 21.4 Å². The zero-order valence-electron chi connectivity index (χ0n) is 17.0. The molecule has 0 aliphatic carbocycles. The highest BCUT2D eigenvalue weighted by molar-refractivity contribution is 7.89. The molecule has 0 fully saturated rings. The largest absolute Gasteiger partial charge is 0.457 e. The molecule has 0 aliphatic heterocycles. The topological polar surface area (TPSA) is 93.9 Å². The second-order valence-electron chi connectivity index (χ2n) is 6.78. The molecule has 0 aliphatic rings. The summed E-state index contributed by atoms with van der Waals surface area (Å²) >= 11 is 0. The Morgan fingerprint density at radius 3 is 2.50 bits per heavy atom. The molecular weight excluding hydrogens is 406 g/mol. The summed E-state index contributed by atoms with van der Waals surface area (Å²) in [6.45, 7) is 5.90. The van der Waals surface area contributed by atoms with Crippen LogP contribution in [0.5, 0.6) is 0 Å². The molecule has 7 nitrogen and oxygen atoms in total. The molecule has 0 N–H and O–H groups in total. The van der Waals surface area contributed by atoms with Crippen molar-refractivity contribution in [1.29, 1.82) is 0 Å². The SMILES string of the molecule is CCN(CC)S(=O)(=O)c1cccc(C(=O)OCc2cc(=O)oc3cc(C)ccc23)c1. The number of benzene rings is 2. The third-order valence-electron chi connectivity index (χ3n) is 4.76. The van der Waals surface area contributed by atoms with Crippen LogP contribution in [0.2, 0.25) is 0 Å². The van der Waals surface area contributed by atoms with Gasteiger partial charge in [-0.1, -0.05) is 32.0 Å². The fourth-order valence-corrected chi connectivity index (χ4v) is 4.68. The van der Waals surface area contributed by atoms with Crippen LogP contribution in [0.25, 0.3) is 11.0 Å². The monoisotopic (exact) mass is 429 g/mol. The van der Waals surface area contributed by atoms with E-state index in [0.717, 1.165) is 5.56 Å². The Balaban J connectivity index is 1.85. The van der Waals surface area contributed by atoms with Crippen molar-refractivity contribution in [2.75, 3.05) is 13.1 Å². The molecule has 0 saturated heterocycles. The third kappa shape index (κ3) is 4.44. The Hall–Kier alpha value is -2.97. The second kappa shape index (κ2) is 8.81. The Bertz CT molecular complexity index is 1240. The van der Waals surface area contributed by atoms with Crippen molar-refractivity contribution in [3.05, 3.63) is 75.6 Å². The highest BCUT2D eigenvalue weighted by atomic mass is 32.2. The minimum absolute atomic E-state index is 0.0296. The van der Waals surface area contributed by atoms with Crippen LogP contribution in [0.4, 0.5) is 0 Å². The first-order chi connectivity index (χ1) is 14.3. The summed E-state index contributed by atoms with van der Waals surface area (Å²) < 4.78 is 37.3. The molecule has 0 amide bonds. The zero-order chi connectivity index (χ0) is 21.9. The normalized spacial score (nSPS) is 11.7. The van der Waals surface area contributed by atoms with E-state index in [2.05, 4.69) is 0 Å². The Morgan fingerprint density at radius 1 is 1.07 bits per heavy atom. The van der Waals surface area contributed by atoms with E-state index in [9.17, 15) is 18.0 Å². The summed E-state index contributed by atoms with van der Waals surface area (Å²) in [6, 6.07) is 12.4. The van der Waals surface area contributed by atoms with Gasteiger partial charge in [-0.25, -0.2) is 18.0 Å². The number of carbonyl (C=O) groups is 1. The number of fused-ring (bicyclic) bond motifs is 1. The smallest absolute Gasteiger partial charge is 0.338 e. The highest BCUT2D eigenvalue weighted by Crippen LogP contribution is 2.21. The van der Waals surface area contributed by atoms with Crippen molar-refractivity contribution < 1.29 is 22.4 Å². The molecule has 0 unspecified atom stereocenters. The molecule has 30 heavy (non-hydrogen) atoms. The van der Waals surface area contributed by atoms with Gasteiger partial charge in [-0.3, -0.25) is 0 Å². The lowest BCUT2D eigenvalue weighted by Crippen LogP contribution is -2.30. The van der Waals surface area contributed by atoms with Crippen LogP contribution < -0.4 is 5.63 Å². The zero-order valence-corrected chi connectivity index (χ0v) is 17.9. The first kappa shape index (κ1) is 21.7. The molecule has 3 aromatic rings. The summed E-state index contributed by atoms with van der Waals surface area (Å²) in [5.74, 6) is -0.680. The predicted molar refractivity (Wildman–Crippen MR) is 113 cm³/mol. The predicted octanol–water partition coefficient (Wildman–Crippen LogP) is 3.49. The van der Waals surface area contributed by atoms with Gasteiger partial charge in [0.05, 0.1) is 10.5 Å². The molecule has 0 spiro atoms. The Kier molecular flexibility index (Phi) is 6.38. The standard InChI is InChI=1S/C22H23NO6S/c1-4-23(5-2)30(26,27)18-8-6-7-16(12-18)22(25)28-14-17-13-21(24)29-20-11-15(3)9-10-19(17)20/h6-13H,4-5,14H2,1-3H3. The molecular formula is C22H23NO6S. The molecule has 1 aromatic heterocycles. The van der Waals surface area contributed by atoms with Gasteiger partial charge in [-0.2, -0.15) is 4.31 Å². The molecule has 3 rings (SSSR count). The Morgan fingerprint density at radius 2 is 1.80 bits per heavy atom. The summed E-state index contributed by atoms with van der Waals surface area (Å²) in [6.07, 6.45) is 0. The van der Waals surface area contributed by atoms with Crippen LogP contribution in [0.1, 0.15) is 35.3 Å². The number of carbonyl (C=O) groups excluding carboxylic acids is 1. The van der Waals surface area contributed by atoms with E-state index >= 15 is 0 Å². The van der Waals surface area contributed by atoms with Crippen molar-refractivity contribution in [2.24, 2.45) is 0 Å². The van der Waals surface area contributed by atoms with Crippen LogP contribution in [0.15, 0.2) is 62.6 Å². The van der Waals surface area contributed by atoms with E-state index in [1.807, 2.05) is 13.0 Å². The third-order valence-corrected chi connectivity index (χ3v) is 6.80. The van der Waals surface area contributed by atoms with E-state index in [-0.39, 0.29) is 17.1 Å². The minimum Gasteiger partial charge on any atom is -0.457 e. The van der Waals surface area contributed by atoms with Gasteiger partial charge in [0, 0.05) is 30.1 Å². The van der Waals surface area contributed by atoms with Gasteiger partial charge < -0.3 is 9.15 Å². The average Bonchev–Trinajstić information content (AvgIpc) is 2.72. The highest BCUT2D eigenvalue weighted by Gasteiger charge is 2.23. The molecule has 2 aromatic carbocycles. The lowest BCUT2D eigenvalue weighted by Gasteiger charge is -2.18. The number of esters is 1. The van der Waals surface area contributed by atoms with Crippen molar-refractivity contribution in [3.8, 4) is 0 Å². The lowest BCUT2D eigenvalue weighted by molar-refractivity contribution is 0.0473. The van der Waals surface area contributed by atoms with Crippen molar-refractivity contribution in [1.82, 2.24) is 4.31 Å². The van der Waals surface area contributed by atoms with E-state index in [4.69, 9.17) is 9.15 Å². The minimum atomic E-state index is -3.69. The van der Waals surface area contributed by atoms with Gasteiger partial charge in [-0.05, 0) is 36.8 Å². The fraction of sp³-hybridized carbons (Fsp3) is 0.273. The van der Waals surface area contributed by atoms with Crippen LogP contribution >= 0.6 is 0 Å². The second-order valence-corrected chi connectivity index (χ2v) is 8.72. The van der Waals surface area contributed by atoms with Crippen LogP contribution in [0.3, 0.4) is 0 Å². The Labute approximate surface area is 174 Å². The first-order valence-electron chi connectivity index (χ1n) is 9.57. The molecule has 0 saturated carbocycles. The van der Waals surface area contributed by atoms with Crippen molar-refractivity contribution >= 4 is 27.0 Å².